The third-order valence-electron chi connectivity index (χ3n) is 4.42. The number of amides is 2. The molecule has 128 valence electrons. The minimum atomic E-state index is -0.288. The molecular weight excluding hydrogens is 300 g/mol. The van der Waals surface area contributed by atoms with E-state index < -0.39 is 0 Å². The van der Waals surface area contributed by atoms with Gasteiger partial charge in [0.2, 0.25) is 0 Å². The van der Waals surface area contributed by atoms with Gasteiger partial charge in [0.05, 0.1) is 12.8 Å². The van der Waals surface area contributed by atoms with E-state index in [-0.39, 0.29) is 11.4 Å². The number of hydrogen-bond acceptors (Lipinski definition) is 2. The van der Waals surface area contributed by atoms with Gasteiger partial charge in [-0.1, -0.05) is 44.5 Å². The molecule has 0 spiro atoms. The maximum atomic E-state index is 12.3. The Kier molecular flexibility index (Phi) is 5.50. The first-order valence-corrected chi connectivity index (χ1v) is 8.19. The highest BCUT2D eigenvalue weighted by atomic mass is 16.5. The van der Waals surface area contributed by atoms with Gasteiger partial charge in [-0.3, -0.25) is 0 Å². The molecule has 0 unspecified atom stereocenters. The van der Waals surface area contributed by atoms with E-state index in [4.69, 9.17) is 4.74 Å². The molecule has 0 fully saturated rings. The topological polar surface area (TPSA) is 50.4 Å². The molecule has 2 N–H and O–H groups in total. The van der Waals surface area contributed by atoms with Crippen molar-refractivity contribution in [2.75, 3.05) is 17.7 Å². The molecule has 0 saturated carbocycles. The highest BCUT2D eigenvalue weighted by Gasteiger charge is 2.20. The van der Waals surface area contributed by atoms with Crippen LogP contribution >= 0.6 is 0 Å². The van der Waals surface area contributed by atoms with Gasteiger partial charge in [-0.25, -0.2) is 4.79 Å². The van der Waals surface area contributed by atoms with E-state index in [1.807, 2.05) is 49.4 Å². The number of ether oxygens (including phenoxy) is 1. The zero-order valence-corrected chi connectivity index (χ0v) is 15.1. The minimum absolute atomic E-state index is 0.0378. The van der Waals surface area contributed by atoms with Crippen LogP contribution in [0.15, 0.2) is 42.5 Å². The molecule has 0 aliphatic heterocycles. The number of nitrogens with one attached hydrogen (secondary N) is 2. The molecule has 0 radical (unpaired) electrons. The van der Waals surface area contributed by atoms with Crippen molar-refractivity contribution in [2.24, 2.45) is 0 Å². The van der Waals surface area contributed by atoms with E-state index in [1.54, 1.807) is 7.11 Å². The van der Waals surface area contributed by atoms with Crippen LogP contribution in [-0.2, 0) is 5.41 Å². The Morgan fingerprint density at radius 3 is 2.33 bits per heavy atom. The van der Waals surface area contributed by atoms with Crippen LogP contribution in [0.25, 0.3) is 0 Å². The summed E-state index contributed by atoms with van der Waals surface area (Å²) >= 11 is 0. The molecule has 0 saturated heterocycles. The smallest absolute Gasteiger partial charge is 0.323 e. The number of urea groups is 1. The van der Waals surface area contributed by atoms with Gasteiger partial charge < -0.3 is 15.4 Å². The van der Waals surface area contributed by atoms with Crippen molar-refractivity contribution < 1.29 is 9.53 Å². The summed E-state index contributed by atoms with van der Waals surface area (Å²) in [5.74, 6) is 0.643. The van der Waals surface area contributed by atoms with E-state index >= 15 is 0 Å². The molecule has 2 aromatic carbocycles. The predicted octanol–water partition coefficient (Wildman–Crippen LogP) is 5.34. The van der Waals surface area contributed by atoms with Gasteiger partial charge in [0.15, 0.2) is 0 Å². The molecule has 2 amide bonds. The fraction of sp³-hybridized carbons (Fsp3) is 0.350. The zero-order valence-electron chi connectivity index (χ0n) is 15.1. The van der Waals surface area contributed by atoms with E-state index in [1.165, 1.54) is 0 Å². The molecule has 4 nitrogen and oxygen atoms in total. The van der Waals surface area contributed by atoms with Crippen LogP contribution < -0.4 is 15.4 Å². The standard InChI is InChI=1S/C20H26N2O2/c1-6-20(3,4)15-9-12-18(24-5)17(13-15)22-19(23)21-16-10-7-14(2)8-11-16/h7-13H,6H2,1-5H3,(H2,21,22,23). The second-order valence-corrected chi connectivity index (χ2v) is 6.60. The molecule has 0 aromatic heterocycles. The third-order valence-corrected chi connectivity index (χ3v) is 4.42. The van der Waals surface area contributed by atoms with Crippen molar-refractivity contribution in [2.45, 2.75) is 39.5 Å². The Hall–Kier alpha value is -2.49. The van der Waals surface area contributed by atoms with Crippen LogP contribution in [0, 0.1) is 6.92 Å². The molecule has 0 heterocycles. The average molecular weight is 326 g/mol. The first kappa shape index (κ1) is 17.9. The number of benzene rings is 2. The Morgan fingerprint density at radius 2 is 1.75 bits per heavy atom. The fourth-order valence-electron chi connectivity index (χ4n) is 2.35. The van der Waals surface area contributed by atoms with Crippen LogP contribution in [0.3, 0.4) is 0 Å². The minimum Gasteiger partial charge on any atom is -0.495 e. The summed E-state index contributed by atoms with van der Waals surface area (Å²) < 4.78 is 5.37. The summed E-state index contributed by atoms with van der Waals surface area (Å²) in [6.45, 7) is 8.53. The number of aryl methyl sites for hydroxylation is 1. The maximum absolute atomic E-state index is 12.3. The van der Waals surface area contributed by atoms with E-state index in [9.17, 15) is 4.79 Å². The van der Waals surface area contributed by atoms with Gasteiger partial charge in [-0.15, -0.1) is 0 Å². The molecule has 2 rings (SSSR count). The molecule has 2 aromatic rings. The summed E-state index contributed by atoms with van der Waals surface area (Å²) in [5, 5.41) is 5.72. The number of hydrogen-bond donors (Lipinski definition) is 2. The summed E-state index contributed by atoms with van der Waals surface area (Å²) in [6.07, 6.45) is 1.01. The lowest BCUT2D eigenvalue weighted by molar-refractivity contribution is 0.262. The van der Waals surface area contributed by atoms with Crippen molar-refractivity contribution in [3.05, 3.63) is 53.6 Å². The Morgan fingerprint density at radius 1 is 1.08 bits per heavy atom. The van der Waals surface area contributed by atoms with Crippen LogP contribution in [0.4, 0.5) is 16.2 Å². The van der Waals surface area contributed by atoms with Crippen LogP contribution in [0.1, 0.15) is 38.3 Å². The third kappa shape index (κ3) is 4.28. The predicted molar refractivity (Wildman–Crippen MR) is 100 cm³/mol. The van der Waals surface area contributed by atoms with Gasteiger partial charge in [0.1, 0.15) is 5.75 Å². The van der Waals surface area contributed by atoms with Gasteiger partial charge >= 0.3 is 6.03 Å². The molecule has 0 aliphatic carbocycles. The highest BCUT2D eigenvalue weighted by Crippen LogP contribution is 2.33. The number of methoxy groups -OCH3 is 1. The van der Waals surface area contributed by atoms with Crippen molar-refractivity contribution in [3.63, 3.8) is 0 Å². The van der Waals surface area contributed by atoms with E-state index in [0.717, 1.165) is 23.2 Å². The van der Waals surface area contributed by atoms with Crippen molar-refractivity contribution in [1.29, 1.82) is 0 Å². The second-order valence-electron chi connectivity index (χ2n) is 6.60. The fourth-order valence-corrected chi connectivity index (χ4v) is 2.35. The van der Waals surface area contributed by atoms with Gasteiger partial charge in [-0.2, -0.15) is 0 Å². The number of rotatable bonds is 5. The van der Waals surface area contributed by atoms with E-state index in [0.29, 0.717) is 11.4 Å². The lowest BCUT2D eigenvalue weighted by Crippen LogP contribution is -2.21. The first-order chi connectivity index (χ1) is 11.4. The van der Waals surface area contributed by atoms with Crippen molar-refractivity contribution in [1.82, 2.24) is 0 Å². The average Bonchev–Trinajstić information content (AvgIpc) is 2.56. The van der Waals surface area contributed by atoms with Crippen molar-refractivity contribution in [3.8, 4) is 5.75 Å². The lowest BCUT2D eigenvalue weighted by atomic mass is 9.82. The summed E-state index contributed by atoms with van der Waals surface area (Å²) in [7, 11) is 1.60. The first-order valence-electron chi connectivity index (χ1n) is 8.19. The molecule has 4 heteroatoms. The van der Waals surface area contributed by atoms with Crippen LogP contribution in [0.5, 0.6) is 5.75 Å². The Balaban J connectivity index is 2.19. The summed E-state index contributed by atoms with van der Waals surface area (Å²) in [6, 6.07) is 13.3. The van der Waals surface area contributed by atoms with Gasteiger partial charge in [0.25, 0.3) is 0 Å². The number of carbonyl (C=O) groups excluding carboxylic acids is 1. The summed E-state index contributed by atoms with van der Waals surface area (Å²) in [5.41, 5.74) is 3.77. The monoisotopic (exact) mass is 326 g/mol. The van der Waals surface area contributed by atoms with Crippen molar-refractivity contribution >= 4 is 17.4 Å². The number of anilines is 2. The Bertz CT molecular complexity index is 706. The van der Waals surface area contributed by atoms with Gasteiger partial charge in [0, 0.05) is 5.69 Å². The molecule has 0 atom stereocenters. The normalized spacial score (nSPS) is 11.0. The molecule has 0 aliphatic rings. The van der Waals surface area contributed by atoms with Crippen LogP contribution in [0.2, 0.25) is 0 Å². The second kappa shape index (κ2) is 7.39. The molecule has 24 heavy (non-hydrogen) atoms. The lowest BCUT2D eigenvalue weighted by Gasteiger charge is -2.24. The van der Waals surface area contributed by atoms with Gasteiger partial charge in [-0.05, 0) is 48.6 Å². The highest BCUT2D eigenvalue weighted by molar-refractivity contribution is 6.00. The maximum Gasteiger partial charge on any atom is 0.323 e. The van der Waals surface area contributed by atoms with E-state index in [2.05, 4.69) is 31.4 Å². The molecule has 0 bridgehead atoms. The zero-order chi connectivity index (χ0) is 17.7. The number of carbonyl (C=O) groups is 1. The SMILES string of the molecule is CCC(C)(C)c1ccc(OC)c(NC(=O)Nc2ccc(C)cc2)c1. The largest absolute Gasteiger partial charge is 0.495 e. The quantitative estimate of drug-likeness (QED) is 0.779. The van der Waals surface area contributed by atoms with Crippen LogP contribution in [-0.4, -0.2) is 13.1 Å². The summed E-state index contributed by atoms with van der Waals surface area (Å²) in [4.78, 5) is 12.3. The molecular formula is C20H26N2O2. The Labute approximate surface area is 144 Å².